The summed E-state index contributed by atoms with van der Waals surface area (Å²) in [7, 11) is 0. The van der Waals surface area contributed by atoms with Crippen LogP contribution in [0.25, 0.3) is 5.69 Å². The third kappa shape index (κ3) is 3.01. The molecule has 0 amide bonds. The third-order valence-electron chi connectivity index (χ3n) is 3.27. The Morgan fingerprint density at radius 3 is 2.43 bits per heavy atom. The zero-order chi connectivity index (χ0) is 15.8. The summed E-state index contributed by atoms with van der Waals surface area (Å²) in [6.45, 7) is 6.04. The number of nitrogen functional groups attached to an aromatic ring is 1. The van der Waals surface area contributed by atoms with E-state index in [1.54, 1.807) is 6.07 Å². The summed E-state index contributed by atoms with van der Waals surface area (Å²) in [6, 6.07) is 5.57. The molecule has 0 aliphatic rings. The van der Waals surface area contributed by atoms with E-state index in [2.05, 4.69) is 23.9 Å². The molecule has 1 aromatic heterocycles. The minimum absolute atomic E-state index is 0.269. The zero-order valence-electron chi connectivity index (χ0n) is 12.1. The van der Waals surface area contributed by atoms with Gasteiger partial charge in [0.2, 0.25) is 5.95 Å². The van der Waals surface area contributed by atoms with Crippen molar-refractivity contribution in [2.45, 2.75) is 39.3 Å². The van der Waals surface area contributed by atoms with Crippen LogP contribution in [0.1, 0.15) is 43.6 Å². The number of benzene rings is 1. The number of hydrogen-bond acceptors (Lipinski definition) is 3. The van der Waals surface area contributed by atoms with Crippen LogP contribution in [-0.2, 0) is 12.6 Å². The number of aromatic nitrogens is 3. The highest BCUT2D eigenvalue weighted by atomic mass is 19.4. The molecule has 0 bridgehead atoms. The Balaban J connectivity index is 2.54. The van der Waals surface area contributed by atoms with Gasteiger partial charge in [-0.15, -0.1) is 5.10 Å². The summed E-state index contributed by atoms with van der Waals surface area (Å²) in [6.07, 6.45) is -3.94. The van der Waals surface area contributed by atoms with Crippen molar-refractivity contribution >= 4 is 5.95 Å². The SMILES string of the molecule is CCc1cc(C(C)C)ccc1-n1nc(C(F)(F)F)nc1N. The standard InChI is InChI=1S/C14H17F3N4/c1-4-9-7-10(8(2)3)5-6-11(9)21-13(18)19-12(20-21)14(15,16)17/h5-8H,4H2,1-3H3,(H2,18,19,20). The zero-order valence-corrected chi connectivity index (χ0v) is 12.1. The molecule has 1 aromatic carbocycles. The molecule has 0 aliphatic heterocycles. The maximum absolute atomic E-state index is 12.7. The Kier molecular flexibility index (Phi) is 3.93. The Bertz CT molecular complexity index is 644. The predicted octanol–water partition coefficient (Wildman–Crippen LogP) is 3.55. The van der Waals surface area contributed by atoms with Gasteiger partial charge < -0.3 is 5.73 Å². The van der Waals surface area contributed by atoms with E-state index >= 15 is 0 Å². The van der Waals surface area contributed by atoms with Gasteiger partial charge in [0.05, 0.1) is 5.69 Å². The van der Waals surface area contributed by atoms with Gasteiger partial charge >= 0.3 is 6.18 Å². The van der Waals surface area contributed by atoms with Crippen molar-refractivity contribution in [2.75, 3.05) is 5.73 Å². The molecule has 0 aliphatic carbocycles. The average molecular weight is 298 g/mol. The molecule has 7 heteroatoms. The predicted molar refractivity (Wildman–Crippen MR) is 74.2 cm³/mol. The van der Waals surface area contributed by atoms with Crippen molar-refractivity contribution in [1.29, 1.82) is 0 Å². The summed E-state index contributed by atoms with van der Waals surface area (Å²) < 4.78 is 39.0. The first kappa shape index (κ1) is 15.3. The van der Waals surface area contributed by atoms with Crippen molar-refractivity contribution in [3.05, 3.63) is 35.2 Å². The Labute approximate surface area is 120 Å². The number of nitrogens with two attached hydrogens (primary N) is 1. The molecule has 0 fully saturated rings. The lowest BCUT2D eigenvalue weighted by molar-refractivity contribution is -0.144. The van der Waals surface area contributed by atoms with E-state index in [1.807, 2.05) is 19.1 Å². The highest BCUT2D eigenvalue weighted by Gasteiger charge is 2.37. The van der Waals surface area contributed by atoms with Crippen LogP contribution in [0.3, 0.4) is 0 Å². The van der Waals surface area contributed by atoms with E-state index in [9.17, 15) is 13.2 Å². The van der Waals surface area contributed by atoms with Crippen LogP contribution >= 0.6 is 0 Å². The lowest BCUT2D eigenvalue weighted by Crippen LogP contribution is -2.09. The van der Waals surface area contributed by atoms with Gasteiger partial charge in [-0.1, -0.05) is 32.9 Å². The molecule has 0 saturated carbocycles. The second kappa shape index (κ2) is 5.38. The average Bonchev–Trinajstić information content (AvgIpc) is 2.79. The monoisotopic (exact) mass is 298 g/mol. The van der Waals surface area contributed by atoms with Crippen LogP contribution < -0.4 is 5.73 Å². The largest absolute Gasteiger partial charge is 0.453 e. The van der Waals surface area contributed by atoms with Crippen LogP contribution in [0.5, 0.6) is 0 Å². The molecule has 1 heterocycles. The van der Waals surface area contributed by atoms with Gasteiger partial charge in [0.1, 0.15) is 0 Å². The van der Waals surface area contributed by atoms with Crippen molar-refractivity contribution in [1.82, 2.24) is 14.8 Å². The quantitative estimate of drug-likeness (QED) is 0.942. The van der Waals surface area contributed by atoms with Crippen molar-refractivity contribution in [2.24, 2.45) is 0 Å². The molecule has 2 rings (SSSR count). The number of halogens is 3. The second-order valence-corrected chi connectivity index (χ2v) is 5.10. The normalized spacial score (nSPS) is 12.1. The van der Waals surface area contributed by atoms with Crippen LogP contribution in [0.2, 0.25) is 0 Å². The molecule has 114 valence electrons. The molecule has 0 unspecified atom stereocenters. The first-order chi connectivity index (χ1) is 9.74. The highest BCUT2D eigenvalue weighted by molar-refractivity contribution is 5.47. The maximum atomic E-state index is 12.7. The molecule has 0 radical (unpaired) electrons. The first-order valence-electron chi connectivity index (χ1n) is 6.67. The fraction of sp³-hybridized carbons (Fsp3) is 0.429. The van der Waals surface area contributed by atoms with E-state index < -0.39 is 12.0 Å². The smallest absolute Gasteiger partial charge is 0.368 e. The summed E-state index contributed by atoms with van der Waals surface area (Å²) in [4.78, 5) is 3.30. The Morgan fingerprint density at radius 2 is 1.95 bits per heavy atom. The molecular formula is C14H17F3N4. The second-order valence-electron chi connectivity index (χ2n) is 5.10. The Hall–Kier alpha value is -2.05. The van der Waals surface area contributed by atoms with E-state index in [4.69, 9.17) is 5.73 Å². The molecule has 0 atom stereocenters. The summed E-state index contributed by atoms with van der Waals surface area (Å²) in [5, 5.41) is 3.49. The molecule has 21 heavy (non-hydrogen) atoms. The minimum Gasteiger partial charge on any atom is -0.368 e. The molecular weight excluding hydrogens is 281 g/mol. The molecule has 0 saturated heterocycles. The maximum Gasteiger partial charge on any atom is 0.453 e. The fourth-order valence-electron chi connectivity index (χ4n) is 2.08. The molecule has 2 aromatic rings. The molecule has 4 nitrogen and oxygen atoms in total. The van der Waals surface area contributed by atoms with Gasteiger partial charge in [-0.05, 0) is 29.5 Å². The van der Waals surface area contributed by atoms with E-state index in [0.717, 1.165) is 15.8 Å². The van der Waals surface area contributed by atoms with Crippen LogP contribution in [-0.4, -0.2) is 14.8 Å². The van der Waals surface area contributed by atoms with Crippen LogP contribution in [0.15, 0.2) is 18.2 Å². The number of alkyl halides is 3. The highest BCUT2D eigenvalue weighted by Crippen LogP contribution is 2.29. The summed E-state index contributed by atoms with van der Waals surface area (Å²) >= 11 is 0. The number of anilines is 1. The first-order valence-corrected chi connectivity index (χ1v) is 6.67. The third-order valence-corrected chi connectivity index (χ3v) is 3.27. The van der Waals surface area contributed by atoms with Gasteiger partial charge in [-0.3, -0.25) is 0 Å². The molecule has 0 spiro atoms. The van der Waals surface area contributed by atoms with E-state index in [-0.39, 0.29) is 5.95 Å². The fourth-order valence-corrected chi connectivity index (χ4v) is 2.08. The van der Waals surface area contributed by atoms with E-state index in [1.165, 1.54) is 0 Å². The van der Waals surface area contributed by atoms with Gasteiger partial charge in [0.15, 0.2) is 0 Å². The summed E-state index contributed by atoms with van der Waals surface area (Å²) in [5.74, 6) is -1.16. The van der Waals surface area contributed by atoms with Crippen LogP contribution in [0.4, 0.5) is 19.1 Å². The Morgan fingerprint density at radius 1 is 1.29 bits per heavy atom. The van der Waals surface area contributed by atoms with Gasteiger partial charge in [0.25, 0.3) is 5.82 Å². The topological polar surface area (TPSA) is 56.7 Å². The van der Waals surface area contributed by atoms with Crippen molar-refractivity contribution < 1.29 is 13.2 Å². The lowest BCUT2D eigenvalue weighted by Gasteiger charge is -2.13. The van der Waals surface area contributed by atoms with Gasteiger partial charge in [-0.25, -0.2) is 0 Å². The van der Waals surface area contributed by atoms with E-state index in [0.29, 0.717) is 18.0 Å². The lowest BCUT2D eigenvalue weighted by atomic mass is 9.98. The number of hydrogen-bond donors (Lipinski definition) is 1. The van der Waals surface area contributed by atoms with Crippen LogP contribution in [0, 0.1) is 0 Å². The number of nitrogens with zero attached hydrogens (tertiary/aromatic N) is 3. The van der Waals surface area contributed by atoms with Gasteiger partial charge in [-0.2, -0.15) is 22.8 Å². The van der Waals surface area contributed by atoms with Gasteiger partial charge in [0, 0.05) is 0 Å². The van der Waals surface area contributed by atoms with Crippen molar-refractivity contribution in [3.8, 4) is 5.69 Å². The number of rotatable bonds is 3. The van der Waals surface area contributed by atoms with Crippen molar-refractivity contribution in [3.63, 3.8) is 0 Å². The minimum atomic E-state index is -4.61. The number of aryl methyl sites for hydroxylation is 1. The summed E-state index contributed by atoms with van der Waals surface area (Å²) in [5.41, 5.74) is 8.11. The molecule has 2 N–H and O–H groups in total.